The second-order valence-electron chi connectivity index (χ2n) is 8.80. The van der Waals surface area contributed by atoms with Gasteiger partial charge in [-0.15, -0.1) is 0 Å². The number of aliphatic hydroxyl groups is 1. The van der Waals surface area contributed by atoms with E-state index in [1.807, 2.05) is 19.9 Å². The van der Waals surface area contributed by atoms with Gasteiger partial charge in [0.15, 0.2) is 0 Å². The number of fused-ring (bicyclic) bond motifs is 4. The lowest BCUT2D eigenvalue weighted by atomic mass is 9.85. The van der Waals surface area contributed by atoms with Crippen molar-refractivity contribution in [3.63, 3.8) is 0 Å². The third-order valence-electron chi connectivity index (χ3n) is 6.63. The van der Waals surface area contributed by atoms with Gasteiger partial charge in [-0.05, 0) is 75.3 Å². The smallest absolute Gasteiger partial charge is 0.275 e. The first-order chi connectivity index (χ1) is 14.8. The third kappa shape index (κ3) is 2.88. The highest BCUT2D eigenvalue weighted by Crippen LogP contribution is 2.41. The number of nitrogens with zero attached hydrogens (tertiary/aromatic N) is 2. The van der Waals surface area contributed by atoms with Crippen LogP contribution in [0.4, 0.5) is 4.39 Å². The summed E-state index contributed by atoms with van der Waals surface area (Å²) in [5, 5.41) is 10.9. The number of aromatic nitrogens is 2. The van der Waals surface area contributed by atoms with Crippen LogP contribution in [0.1, 0.15) is 53.6 Å². The van der Waals surface area contributed by atoms with Crippen LogP contribution in [0.15, 0.2) is 28.4 Å². The Balaban J connectivity index is 1.69. The largest absolute Gasteiger partial charge is 0.481 e. The standard InChI is InChI=1S/C25H25FN2O3/c1-12(2)25(30)31-11-18-13(3)8-21-23-17(10-28(21)24(18)29)16-7-5-6-15-14(4)19(26)9-20(27-23)22(15)16/h8-9,30H,5-7,10-11H2,1-4H3. The molecule has 1 aliphatic heterocycles. The number of halogens is 1. The average Bonchev–Trinajstić information content (AvgIpc) is 3.10. The fraction of sp³-hybridized carbons (Fsp3) is 0.360. The van der Waals surface area contributed by atoms with Crippen molar-refractivity contribution in [2.75, 3.05) is 0 Å². The molecular formula is C25H25FN2O3. The van der Waals surface area contributed by atoms with E-state index in [4.69, 9.17) is 9.72 Å². The summed E-state index contributed by atoms with van der Waals surface area (Å²) in [7, 11) is 0. The maximum absolute atomic E-state index is 14.6. The SMILES string of the molecule is CC(C)=C(O)OCc1c(C)cc2n(c1=O)Cc1c-2nc2cc(F)c(C)c3c2c1CCC3. The molecule has 0 saturated heterocycles. The quantitative estimate of drug-likeness (QED) is 0.474. The second kappa shape index (κ2) is 6.94. The molecule has 31 heavy (non-hydrogen) atoms. The molecule has 1 N–H and O–H groups in total. The lowest BCUT2D eigenvalue weighted by Gasteiger charge is -2.21. The molecule has 2 aromatic heterocycles. The molecular weight excluding hydrogens is 395 g/mol. The summed E-state index contributed by atoms with van der Waals surface area (Å²) in [5.41, 5.74) is 8.06. The van der Waals surface area contributed by atoms with Crippen molar-refractivity contribution in [2.45, 2.75) is 60.1 Å². The van der Waals surface area contributed by atoms with Crippen LogP contribution in [0, 0.1) is 19.7 Å². The summed E-state index contributed by atoms with van der Waals surface area (Å²) >= 11 is 0. The number of allylic oxidation sites excluding steroid dienone is 1. The molecule has 1 aromatic carbocycles. The molecule has 3 aromatic rings. The predicted molar refractivity (Wildman–Crippen MR) is 118 cm³/mol. The van der Waals surface area contributed by atoms with Gasteiger partial charge in [0.25, 0.3) is 11.5 Å². The van der Waals surface area contributed by atoms with E-state index in [1.165, 1.54) is 11.6 Å². The molecule has 0 amide bonds. The summed E-state index contributed by atoms with van der Waals surface area (Å²) in [4.78, 5) is 18.1. The zero-order valence-electron chi connectivity index (χ0n) is 18.2. The minimum absolute atomic E-state index is 0.00905. The predicted octanol–water partition coefficient (Wildman–Crippen LogP) is 5.00. The Morgan fingerprint density at radius 2 is 1.94 bits per heavy atom. The Morgan fingerprint density at radius 1 is 1.19 bits per heavy atom. The zero-order chi connectivity index (χ0) is 22.0. The lowest BCUT2D eigenvalue weighted by Crippen LogP contribution is -2.25. The van der Waals surface area contributed by atoms with Crippen molar-refractivity contribution < 1.29 is 14.2 Å². The zero-order valence-corrected chi connectivity index (χ0v) is 18.2. The highest BCUT2D eigenvalue weighted by Gasteiger charge is 2.30. The van der Waals surface area contributed by atoms with Crippen molar-refractivity contribution in [1.82, 2.24) is 9.55 Å². The summed E-state index contributed by atoms with van der Waals surface area (Å²) in [6, 6.07) is 3.48. The van der Waals surface area contributed by atoms with Crippen molar-refractivity contribution in [3.05, 3.63) is 73.2 Å². The molecule has 1 aliphatic carbocycles. The summed E-state index contributed by atoms with van der Waals surface area (Å²) in [5.74, 6) is -0.379. The van der Waals surface area contributed by atoms with Crippen molar-refractivity contribution in [3.8, 4) is 11.4 Å². The summed E-state index contributed by atoms with van der Waals surface area (Å²) in [6.07, 6.45) is 2.73. The minimum atomic E-state index is -0.221. The van der Waals surface area contributed by atoms with Crippen LogP contribution < -0.4 is 5.56 Å². The number of aryl methyl sites for hydroxylation is 3. The molecule has 6 heteroatoms. The molecule has 0 radical (unpaired) electrons. The van der Waals surface area contributed by atoms with Gasteiger partial charge >= 0.3 is 0 Å². The van der Waals surface area contributed by atoms with E-state index in [2.05, 4.69) is 0 Å². The Labute approximate surface area is 179 Å². The van der Waals surface area contributed by atoms with Gasteiger partial charge in [0.05, 0.1) is 29.0 Å². The normalized spacial score (nSPS) is 13.8. The Morgan fingerprint density at radius 3 is 2.68 bits per heavy atom. The van der Waals surface area contributed by atoms with Gasteiger partial charge < -0.3 is 14.4 Å². The van der Waals surface area contributed by atoms with Gasteiger partial charge in [0, 0.05) is 22.6 Å². The first kappa shape index (κ1) is 19.8. The third-order valence-corrected chi connectivity index (χ3v) is 6.63. The topological polar surface area (TPSA) is 64.3 Å². The maximum atomic E-state index is 14.6. The Bertz CT molecular complexity index is 1360. The highest BCUT2D eigenvalue weighted by molar-refractivity contribution is 5.92. The minimum Gasteiger partial charge on any atom is -0.481 e. The molecule has 0 spiro atoms. The molecule has 2 aliphatic rings. The van der Waals surface area contributed by atoms with E-state index in [-0.39, 0.29) is 23.9 Å². The molecule has 0 unspecified atom stereocenters. The summed E-state index contributed by atoms with van der Waals surface area (Å²) in [6.45, 7) is 7.66. The van der Waals surface area contributed by atoms with Gasteiger partial charge in [-0.2, -0.15) is 0 Å². The average molecular weight is 420 g/mol. The van der Waals surface area contributed by atoms with Crippen LogP contribution in [0.2, 0.25) is 0 Å². The van der Waals surface area contributed by atoms with Crippen LogP contribution in [0.5, 0.6) is 0 Å². The van der Waals surface area contributed by atoms with E-state index in [9.17, 15) is 14.3 Å². The molecule has 0 saturated carbocycles. The van der Waals surface area contributed by atoms with Gasteiger partial charge in [0.1, 0.15) is 12.4 Å². The van der Waals surface area contributed by atoms with Crippen molar-refractivity contribution in [2.24, 2.45) is 0 Å². The number of hydrogen-bond acceptors (Lipinski definition) is 4. The molecule has 0 atom stereocenters. The fourth-order valence-electron chi connectivity index (χ4n) is 4.89. The molecule has 160 valence electrons. The molecule has 0 bridgehead atoms. The van der Waals surface area contributed by atoms with E-state index in [0.717, 1.165) is 52.7 Å². The molecule has 5 nitrogen and oxygen atoms in total. The van der Waals surface area contributed by atoms with Gasteiger partial charge in [-0.3, -0.25) is 4.79 Å². The maximum Gasteiger partial charge on any atom is 0.275 e. The van der Waals surface area contributed by atoms with Crippen molar-refractivity contribution >= 4 is 10.9 Å². The van der Waals surface area contributed by atoms with Gasteiger partial charge in [-0.25, -0.2) is 9.37 Å². The van der Waals surface area contributed by atoms with Gasteiger partial charge in [0.2, 0.25) is 0 Å². The first-order valence-corrected chi connectivity index (χ1v) is 10.6. The van der Waals surface area contributed by atoms with Crippen LogP contribution in [-0.4, -0.2) is 14.7 Å². The highest BCUT2D eigenvalue weighted by atomic mass is 19.1. The Kier molecular flexibility index (Phi) is 4.43. The number of aliphatic hydroxyl groups excluding tert-OH is 1. The van der Waals surface area contributed by atoms with Crippen LogP contribution in [0.25, 0.3) is 22.3 Å². The van der Waals surface area contributed by atoms with Crippen LogP contribution >= 0.6 is 0 Å². The second-order valence-corrected chi connectivity index (χ2v) is 8.80. The number of ether oxygens (including phenoxy) is 1. The van der Waals surface area contributed by atoms with Crippen LogP contribution in [-0.2, 0) is 30.7 Å². The number of benzene rings is 1. The van der Waals surface area contributed by atoms with Crippen molar-refractivity contribution in [1.29, 1.82) is 0 Å². The monoisotopic (exact) mass is 420 g/mol. The molecule has 0 fully saturated rings. The van der Waals surface area contributed by atoms with E-state index < -0.39 is 0 Å². The Hall–Kier alpha value is -3.15. The number of rotatable bonds is 3. The fourth-order valence-corrected chi connectivity index (χ4v) is 4.89. The van der Waals surface area contributed by atoms with Crippen LogP contribution in [0.3, 0.4) is 0 Å². The number of pyridine rings is 2. The van der Waals surface area contributed by atoms with E-state index >= 15 is 0 Å². The molecule has 3 heterocycles. The van der Waals surface area contributed by atoms with E-state index in [0.29, 0.717) is 28.8 Å². The summed E-state index contributed by atoms with van der Waals surface area (Å²) < 4.78 is 21.7. The van der Waals surface area contributed by atoms with Gasteiger partial charge in [-0.1, -0.05) is 0 Å². The van der Waals surface area contributed by atoms with E-state index in [1.54, 1.807) is 18.4 Å². The first-order valence-electron chi connectivity index (χ1n) is 10.6. The lowest BCUT2D eigenvalue weighted by molar-refractivity contribution is 0.0777. The molecule has 5 rings (SSSR count). The number of hydrogen-bond donors (Lipinski definition) is 1.